The summed E-state index contributed by atoms with van der Waals surface area (Å²) in [6, 6.07) is 26.5. The standard InChI is InChI=1S/C43H50ClN5O6S/c1-29-23-35(40(44)41(50)48(29)27-31-14-8-9-18-36(31)56-5)55-28-32-15-7-6-13-30(32)26-45-42(51)46-38-25-37(43(2,3)4)47-49(38)33-16-12-17-34(24-33)52-21-22-54-39-19-10-11-20-53-39/h6-9,12-18,23-25,39H,10-11,19-22,26-28H2,1-5H3,(H2,45,46,51). The van der Waals surface area contributed by atoms with Crippen LogP contribution >= 0.6 is 23.4 Å². The third kappa shape index (κ3) is 10.5. The number of thioether (sulfide) groups is 1. The summed E-state index contributed by atoms with van der Waals surface area (Å²) in [5.41, 5.74) is 4.44. The van der Waals surface area contributed by atoms with Gasteiger partial charge in [0.25, 0.3) is 5.56 Å². The molecule has 1 atom stereocenters. The number of carbonyl (C=O) groups is 1. The van der Waals surface area contributed by atoms with Crippen molar-refractivity contribution in [3.8, 4) is 17.2 Å². The number of rotatable bonds is 15. The summed E-state index contributed by atoms with van der Waals surface area (Å²) in [4.78, 5) is 27.9. The molecule has 1 saturated heterocycles. The van der Waals surface area contributed by atoms with E-state index < -0.39 is 6.03 Å². The molecule has 6 rings (SSSR count). The largest absolute Gasteiger partial charge is 0.491 e. The zero-order valence-electron chi connectivity index (χ0n) is 32.6. The molecule has 1 fully saturated rings. The Balaban J connectivity index is 1.09. The molecule has 3 aromatic carbocycles. The molecule has 0 spiro atoms. The maximum atomic E-state index is 13.4. The number of ether oxygens (including phenoxy) is 4. The molecule has 2 aromatic heterocycles. The van der Waals surface area contributed by atoms with Gasteiger partial charge in [0.15, 0.2) is 6.29 Å². The number of anilines is 1. The highest BCUT2D eigenvalue weighted by Gasteiger charge is 2.22. The summed E-state index contributed by atoms with van der Waals surface area (Å²) in [5.74, 6) is 1.48. The summed E-state index contributed by atoms with van der Waals surface area (Å²) in [6.45, 7) is 10.4. The van der Waals surface area contributed by atoms with E-state index in [1.54, 1.807) is 27.1 Å². The van der Waals surface area contributed by atoms with Gasteiger partial charge in [-0.2, -0.15) is 5.10 Å². The maximum Gasteiger partial charge on any atom is 0.320 e. The molecule has 296 valence electrons. The molecule has 11 nitrogen and oxygen atoms in total. The van der Waals surface area contributed by atoms with Crippen molar-refractivity contribution in [2.24, 2.45) is 0 Å². The molecule has 13 heteroatoms. The predicted octanol–water partition coefficient (Wildman–Crippen LogP) is 8.89. The van der Waals surface area contributed by atoms with Gasteiger partial charge in [-0.3, -0.25) is 10.1 Å². The van der Waals surface area contributed by atoms with Crippen LogP contribution in [0.1, 0.15) is 68.1 Å². The Morgan fingerprint density at radius 1 is 0.964 bits per heavy atom. The van der Waals surface area contributed by atoms with E-state index in [0.717, 1.165) is 64.5 Å². The first-order chi connectivity index (χ1) is 27.0. The molecule has 0 radical (unpaired) electrons. The first-order valence-corrected chi connectivity index (χ1v) is 20.4. The van der Waals surface area contributed by atoms with E-state index in [2.05, 4.69) is 31.4 Å². The fourth-order valence-electron chi connectivity index (χ4n) is 6.30. The zero-order chi connectivity index (χ0) is 39.7. The zero-order valence-corrected chi connectivity index (χ0v) is 34.2. The lowest BCUT2D eigenvalue weighted by molar-refractivity contribution is -0.165. The molecule has 2 N–H and O–H groups in total. The quantitative estimate of drug-likeness (QED) is 0.0797. The molecule has 5 aromatic rings. The number of aryl methyl sites for hydroxylation is 1. The summed E-state index contributed by atoms with van der Waals surface area (Å²) in [7, 11) is 0. The minimum atomic E-state index is -0.401. The van der Waals surface area contributed by atoms with Crippen molar-refractivity contribution >= 4 is 35.2 Å². The Morgan fingerprint density at radius 2 is 1.73 bits per heavy atom. The van der Waals surface area contributed by atoms with E-state index in [9.17, 15) is 9.59 Å². The average Bonchev–Trinajstić information content (AvgIpc) is 3.64. The molecular weight excluding hydrogens is 750 g/mol. The van der Waals surface area contributed by atoms with Gasteiger partial charge in [-0.05, 0) is 67.3 Å². The second-order valence-electron chi connectivity index (χ2n) is 14.6. The van der Waals surface area contributed by atoms with Gasteiger partial charge in [0, 0.05) is 47.4 Å². The summed E-state index contributed by atoms with van der Waals surface area (Å²) in [5, 5.41) is 10.9. The maximum absolute atomic E-state index is 13.4. The van der Waals surface area contributed by atoms with Gasteiger partial charge in [-0.15, -0.1) is 11.8 Å². The third-order valence-electron chi connectivity index (χ3n) is 9.45. The van der Waals surface area contributed by atoms with Crippen molar-refractivity contribution < 1.29 is 23.7 Å². The fraction of sp³-hybridized carbons (Fsp3) is 0.372. The van der Waals surface area contributed by atoms with E-state index in [-0.39, 0.29) is 35.4 Å². The van der Waals surface area contributed by atoms with Crippen molar-refractivity contribution in [2.75, 3.05) is 31.4 Å². The van der Waals surface area contributed by atoms with Gasteiger partial charge in [0.1, 0.15) is 35.6 Å². The Hall–Kier alpha value is -4.75. The number of nitrogens with one attached hydrogen (secondary N) is 2. The van der Waals surface area contributed by atoms with E-state index in [1.165, 1.54) is 0 Å². The number of urea groups is 1. The Labute approximate surface area is 337 Å². The highest BCUT2D eigenvalue weighted by atomic mass is 35.5. The van der Waals surface area contributed by atoms with Gasteiger partial charge in [-0.1, -0.05) is 80.9 Å². The highest BCUT2D eigenvalue weighted by molar-refractivity contribution is 7.98. The van der Waals surface area contributed by atoms with Crippen molar-refractivity contribution in [1.82, 2.24) is 19.7 Å². The SMILES string of the molecule is CSc1ccccc1Cn1c(C)cc(OCc2ccccc2CNC(=O)Nc2cc(C(C)(C)C)nn2-c2cccc(OCCOC3CCCCO3)c2)c(Cl)c1=O. The number of hydrogen-bond acceptors (Lipinski definition) is 8. The number of aromatic nitrogens is 3. The smallest absolute Gasteiger partial charge is 0.320 e. The lowest BCUT2D eigenvalue weighted by atomic mass is 9.92. The van der Waals surface area contributed by atoms with E-state index in [4.69, 9.17) is 35.6 Å². The number of nitrogens with zero attached hydrogens (tertiary/aromatic N) is 3. The van der Waals surface area contributed by atoms with Crippen LogP contribution in [0.3, 0.4) is 0 Å². The molecule has 56 heavy (non-hydrogen) atoms. The Kier molecular flexibility index (Phi) is 13.8. The Bertz CT molecular complexity index is 2170. The van der Waals surface area contributed by atoms with Crippen LogP contribution in [0.25, 0.3) is 5.69 Å². The van der Waals surface area contributed by atoms with E-state index in [0.29, 0.717) is 37.1 Å². The Morgan fingerprint density at radius 3 is 2.48 bits per heavy atom. The van der Waals surface area contributed by atoms with Crippen LogP contribution in [-0.2, 0) is 34.6 Å². The molecule has 0 aliphatic carbocycles. The first kappa shape index (κ1) is 40.9. The number of carbonyl (C=O) groups excluding carboxylic acids is 1. The van der Waals surface area contributed by atoms with Crippen molar-refractivity contribution in [2.45, 2.75) is 83.3 Å². The summed E-state index contributed by atoms with van der Waals surface area (Å²) in [6.07, 6.45) is 4.93. The highest BCUT2D eigenvalue weighted by Crippen LogP contribution is 2.29. The van der Waals surface area contributed by atoms with Crippen LogP contribution in [0.15, 0.2) is 94.6 Å². The van der Waals surface area contributed by atoms with Crippen LogP contribution in [0.4, 0.5) is 10.6 Å². The monoisotopic (exact) mass is 799 g/mol. The predicted molar refractivity (Wildman–Crippen MR) is 222 cm³/mol. The third-order valence-corrected chi connectivity index (χ3v) is 10.6. The molecule has 0 saturated carbocycles. The second kappa shape index (κ2) is 18.9. The molecule has 1 aliphatic rings. The van der Waals surface area contributed by atoms with Crippen LogP contribution in [0.2, 0.25) is 5.02 Å². The van der Waals surface area contributed by atoms with Gasteiger partial charge in [0.2, 0.25) is 0 Å². The molecule has 1 unspecified atom stereocenters. The average molecular weight is 800 g/mol. The normalized spacial score (nSPS) is 14.4. The van der Waals surface area contributed by atoms with E-state index in [1.807, 2.05) is 92.0 Å². The number of halogens is 1. The van der Waals surface area contributed by atoms with Crippen LogP contribution in [0.5, 0.6) is 11.5 Å². The first-order valence-electron chi connectivity index (χ1n) is 18.8. The van der Waals surface area contributed by atoms with E-state index >= 15 is 0 Å². The van der Waals surface area contributed by atoms with Crippen LogP contribution in [-0.4, -0.2) is 52.7 Å². The number of benzene rings is 3. The van der Waals surface area contributed by atoms with Crippen molar-refractivity contribution in [1.29, 1.82) is 0 Å². The van der Waals surface area contributed by atoms with Gasteiger partial charge >= 0.3 is 6.03 Å². The molecular formula is C43H50ClN5O6S. The van der Waals surface area contributed by atoms with Crippen LogP contribution in [0, 0.1) is 6.92 Å². The number of pyridine rings is 1. The lowest BCUT2D eigenvalue weighted by Crippen LogP contribution is -2.29. The van der Waals surface area contributed by atoms with Crippen LogP contribution < -0.4 is 25.7 Å². The number of amides is 2. The minimum absolute atomic E-state index is 0.0225. The minimum Gasteiger partial charge on any atom is -0.491 e. The van der Waals surface area contributed by atoms with Gasteiger partial charge in [-0.25, -0.2) is 9.48 Å². The van der Waals surface area contributed by atoms with Crippen molar-refractivity contribution in [3.05, 3.63) is 128 Å². The topological polar surface area (TPSA) is 118 Å². The molecule has 1 aliphatic heterocycles. The molecule has 2 amide bonds. The fourth-order valence-corrected chi connectivity index (χ4v) is 7.12. The molecule has 3 heterocycles. The van der Waals surface area contributed by atoms with Gasteiger partial charge in [0.05, 0.1) is 24.5 Å². The second-order valence-corrected chi connectivity index (χ2v) is 15.8. The summed E-state index contributed by atoms with van der Waals surface area (Å²) < 4.78 is 27.0. The molecule has 0 bridgehead atoms. The van der Waals surface area contributed by atoms with Crippen molar-refractivity contribution in [3.63, 3.8) is 0 Å². The van der Waals surface area contributed by atoms with Gasteiger partial charge < -0.3 is 28.8 Å². The summed E-state index contributed by atoms with van der Waals surface area (Å²) >= 11 is 8.23. The lowest BCUT2D eigenvalue weighted by Gasteiger charge is -2.22. The number of hydrogen-bond donors (Lipinski definition) is 2.